The van der Waals surface area contributed by atoms with Crippen molar-refractivity contribution in [1.82, 2.24) is 15.1 Å². The van der Waals surface area contributed by atoms with Gasteiger partial charge in [0.05, 0.1) is 12.1 Å². The van der Waals surface area contributed by atoms with Gasteiger partial charge in [-0.1, -0.05) is 11.6 Å². The van der Waals surface area contributed by atoms with Crippen LogP contribution in [-0.4, -0.2) is 41.2 Å². The minimum atomic E-state index is -0.430. The van der Waals surface area contributed by atoms with Gasteiger partial charge in [0.1, 0.15) is 11.3 Å². The number of aromatic nitrogens is 2. The van der Waals surface area contributed by atoms with Crippen LogP contribution in [0.1, 0.15) is 29.2 Å². The number of hydrogen-bond donors (Lipinski definition) is 1. The lowest BCUT2D eigenvalue weighted by atomic mass is 9.95. The lowest BCUT2D eigenvalue weighted by Crippen LogP contribution is -2.48. The van der Waals surface area contributed by atoms with Gasteiger partial charge in [-0.25, -0.2) is 4.79 Å². The number of amides is 1. The molecule has 4 rings (SSSR count). The molecule has 0 spiro atoms. The van der Waals surface area contributed by atoms with Crippen LogP contribution >= 0.6 is 11.6 Å². The summed E-state index contributed by atoms with van der Waals surface area (Å²) in [6.07, 6.45) is 2.30. The monoisotopic (exact) mass is 401 g/mol. The third-order valence-electron chi connectivity index (χ3n) is 5.34. The van der Waals surface area contributed by atoms with Gasteiger partial charge >= 0.3 is 5.63 Å². The van der Waals surface area contributed by atoms with Crippen molar-refractivity contribution in [3.63, 3.8) is 0 Å². The second-order valence-corrected chi connectivity index (χ2v) is 7.39. The maximum Gasteiger partial charge on any atom is 0.339 e. The second kappa shape index (κ2) is 7.31. The molecule has 1 aliphatic rings. The van der Waals surface area contributed by atoms with E-state index in [2.05, 4.69) is 10.2 Å². The van der Waals surface area contributed by atoms with Gasteiger partial charge in [0, 0.05) is 54.3 Å². The molecule has 7 nitrogen and oxygen atoms in total. The van der Waals surface area contributed by atoms with Gasteiger partial charge in [0.15, 0.2) is 0 Å². The van der Waals surface area contributed by atoms with E-state index in [-0.39, 0.29) is 12.3 Å². The number of rotatable bonds is 5. The van der Waals surface area contributed by atoms with Crippen LogP contribution in [0.4, 0.5) is 0 Å². The quantitative estimate of drug-likeness (QED) is 0.664. The Kier molecular flexibility index (Phi) is 4.85. The Morgan fingerprint density at radius 3 is 2.89 bits per heavy atom. The first kappa shape index (κ1) is 18.6. The predicted molar refractivity (Wildman–Crippen MR) is 105 cm³/mol. The lowest BCUT2D eigenvalue weighted by Gasteiger charge is -2.38. The fourth-order valence-electron chi connectivity index (χ4n) is 3.60. The predicted octanol–water partition coefficient (Wildman–Crippen LogP) is 3.05. The van der Waals surface area contributed by atoms with E-state index in [1.165, 1.54) is 7.11 Å². The molecular formula is C20H20ClN3O4. The summed E-state index contributed by atoms with van der Waals surface area (Å²) >= 11 is 6.21. The average Bonchev–Trinajstić information content (AvgIpc) is 3.14. The third kappa shape index (κ3) is 3.26. The molecule has 0 atom stereocenters. The molecule has 28 heavy (non-hydrogen) atoms. The highest BCUT2D eigenvalue weighted by Gasteiger charge is 2.32. The molecule has 0 bridgehead atoms. The molecule has 1 aliphatic heterocycles. The Bertz CT molecular complexity index is 1090. The lowest BCUT2D eigenvalue weighted by molar-refractivity contribution is -0.135. The minimum Gasteiger partial charge on any atom is -0.495 e. The SMILES string of the molecule is COc1cc2oc(=O)c(CCC(=O)N3CC(c4ccn[nH]4)C3)c(C)c2cc1Cl. The summed E-state index contributed by atoms with van der Waals surface area (Å²) < 4.78 is 10.6. The number of fused-ring (bicyclic) bond motifs is 1. The zero-order valence-corrected chi connectivity index (χ0v) is 16.4. The van der Waals surface area contributed by atoms with E-state index in [0.29, 0.717) is 47.3 Å². The van der Waals surface area contributed by atoms with Crippen LogP contribution in [0.5, 0.6) is 5.75 Å². The van der Waals surface area contributed by atoms with Crippen molar-refractivity contribution in [2.24, 2.45) is 0 Å². The smallest absolute Gasteiger partial charge is 0.339 e. The van der Waals surface area contributed by atoms with Crippen LogP contribution in [0.15, 0.2) is 33.6 Å². The van der Waals surface area contributed by atoms with E-state index < -0.39 is 5.63 Å². The van der Waals surface area contributed by atoms with Gasteiger partial charge in [-0.15, -0.1) is 0 Å². The van der Waals surface area contributed by atoms with Gasteiger partial charge in [-0.3, -0.25) is 9.89 Å². The van der Waals surface area contributed by atoms with Gasteiger partial charge in [0.2, 0.25) is 5.91 Å². The molecule has 2 aromatic heterocycles. The zero-order valence-electron chi connectivity index (χ0n) is 15.6. The molecule has 1 N–H and O–H groups in total. The molecule has 0 aliphatic carbocycles. The highest BCUT2D eigenvalue weighted by atomic mass is 35.5. The van der Waals surface area contributed by atoms with E-state index in [4.69, 9.17) is 20.8 Å². The van der Waals surface area contributed by atoms with Crippen LogP contribution in [0.25, 0.3) is 11.0 Å². The maximum atomic E-state index is 12.5. The summed E-state index contributed by atoms with van der Waals surface area (Å²) in [5, 5.41) is 8.07. The summed E-state index contributed by atoms with van der Waals surface area (Å²) in [6.45, 7) is 3.18. The first-order valence-electron chi connectivity index (χ1n) is 9.04. The molecule has 1 saturated heterocycles. The maximum absolute atomic E-state index is 12.5. The number of carbonyl (C=O) groups excluding carboxylic acids is 1. The fourth-order valence-corrected chi connectivity index (χ4v) is 3.84. The minimum absolute atomic E-state index is 0.0300. The molecule has 3 heterocycles. The topological polar surface area (TPSA) is 88.4 Å². The molecule has 0 unspecified atom stereocenters. The van der Waals surface area contributed by atoms with Crippen LogP contribution in [0.2, 0.25) is 5.02 Å². The Morgan fingerprint density at radius 2 is 2.21 bits per heavy atom. The van der Waals surface area contributed by atoms with Gasteiger partial charge < -0.3 is 14.1 Å². The first-order valence-corrected chi connectivity index (χ1v) is 9.42. The van der Waals surface area contributed by atoms with Crippen molar-refractivity contribution in [1.29, 1.82) is 0 Å². The molecule has 1 amide bonds. The summed E-state index contributed by atoms with van der Waals surface area (Å²) in [4.78, 5) is 26.7. The third-order valence-corrected chi connectivity index (χ3v) is 5.64. The highest BCUT2D eigenvalue weighted by Crippen LogP contribution is 2.32. The van der Waals surface area contributed by atoms with E-state index >= 15 is 0 Å². The normalized spacial score (nSPS) is 14.3. The number of aromatic amines is 1. The number of hydrogen-bond acceptors (Lipinski definition) is 5. The summed E-state index contributed by atoms with van der Waals surface area (Å²) in [5.74, 6) is 0.780. The number of nitrogens with zero attached hydrogens (tertiary/aromatic N) is 2. The largest absolute Gasteiger partial charge is 0.495 e. The van der Waals surface area contributed by atoms with Crippen molar-refractivity contribution >= 4 is 28.5 Å². The number of benzene rings is 1. The molecule has 1 fully saturated rings. The molecular weight excluding hydrogens is 382 g/mol. The standard InChI is InChI=1S/C20H20ClN3O4/c1-11-13(20(26)28-17-8-18(27-2)15(21)7-14(11)17)3-4-19(25)24-9-12(10-24)16-5-6-22-23-16/h5-8,12H,3-4,9-10H2,1-2H3,(H,22,23). The van der Waals surface area contributed by atoms with E-state index in [1.807, 2.05) is 13.0 Å². The van der Waals surface area contributed by atoms with Crippen molar-refractivity contribution in [2.75, 3.05) is 20.2 Å². The van der Waals surface area contributed by atoms with Crippen LogP contribution in [-0.2, 0) is 11.2 Å². The zero-order chi connectivity index (χ0) is 19.8. The van der Waals surface area contributed by atoms with E-state index in [0.717, 1.165) is 16.6 Å². The highest BCUT2D eigenvalue weighted by molar-refractivity contribution is 6.32. The van der Waals surface area contributed by atoms with Crippen LogP contribution < -0.4 is 10.4 Å². The average molecular weight is 402 g/mol. The van der Waals surface area contributed by atoms with Crippen LogP contribution in [0.3, 0.4) is 0 Å². The van der Waals surface area contributed by atoms with Crippen molar-refractivity contribution < 1.29 is 13.9 Å². The molecule has 1 aromatic carbocycles. The number of H-pyrrole nitrogens is 1. The Morgan fingerprint density at radius 1 is 1.43 bits per heavy atom. The summed E-state index contributed by atoms with van der Waals surface area (Å²) in [7, 11) is 1.50. The van der Waals surface area contributed by atoms with Crippen molar-refractivity contribution in [3.05, 3.63) is 56.7 Å². The Labute approximate surface area is 166 Å². The van der Waals surface area contributed by atoms with Crippen molar-refractivity contribution in [3.8, 4) is 5.75 Å². The van der Waals surface area contributed by atoms with E-state index in [9.17, 15) is 9.59 Å². The number of likely N-dealkylation sites (tertiary alicyclic amines) is 1. The molecule has 0 saturated carbocycles. The first-order chi connectivity index (χ1) is 13.5. The summed E-state index contributed by atoms with van der Waals surface area (Å²) in [5.41, 5.74) is 2.32. The molecule has 146 valence electrons. The molecule has 0 radical (unpaired) electrons. The fraction of sp³-hybridized carbons (Fsp3) is 0.350. The van der Waals surface area contributed by atoms with Crippen LogP contribution in [0, 0.1) is 6.92 Å². The number of methoxy groups -OCH3 is 1. The molecule has 3 aromatic rings. The van der Waals surface area contributed by atoms with Crippen molar-refractivity contribution in [2.45, 2.75) is 25.7 Å². The number of nitrogens with one attached hydrogen (secondary N) is 1. The van der Waals surface area contributed by atoms with Gasteiger partial charge in [0.25, 0.3) is 0 Å². The van der Waals surface area contributed by atoms with Gasteiger partial charge in [-0.2, -0.15) is 5.10 Å². The number of aryl methyl sites for hydroxylation is 1. The second-order valence-electron chi connectivity index (χ2n) is 6.98. The van der Waals surface area contributed by atoms with E-state index in [1.54, 1.807) is 23.2 Å². The number of carbonyl (C=O) groups is 1. The van der Waals surface area contributed by atoms with Gasteiger partial charge in [-0.05, 0) is 31.0 Å². The summed E-state index contributed by atoms with van der Waals surface area (Å²) in [6, 6.07) is 5.26. The molecule has 8 heteroatoms. The Hall–Kier alpha value is -2.80. The Balaban J connectivity index is 1.47. The number of halogens is 1. The number of ether oxygens (including phenoxy) is 1.